The highest BCUT2D eigenvalue weighted by Gasteiger charge is 2.19. The fourth-order valence-electron chi connectivity index (χ4n) is 3.32. The number of hydrogen-bond acceptors (Lipinski definition) is 6. The van der Waals surface area contributed by atoms with Gasteiger partial charge in [0.2, 0.25) is 0 Å². The first kappa shape index (κ1) is 33.5. The van der Waals surface area contributed by atoms with Gasteiger partial charge in [-0.15, -0.1) is 0 Å². The summed E-state index contributed by atoms with van der Waals surface area (Å²) in [4.78, 5) is 32.5. The molecule has 1 unspecified atom stereocenters. The molecule has 5 amide bonds. The fourth-order valence-corrected chi connectivity index (χ4v) is 3.32. The van der Waals surface area contributed by atoms with E-state index >= 15 is 0 Å². The van der Waals surface area contributed by atoms with Crippen LogP contribution in [0, 0.1) is 0 Å². The number of benzene rings is 3. The number of carbonyl (C=O) groups is 3. The largest absolute Gasteiger partial charge is 0.485 e. The molecular weight excluding hydrogens is 510 g/mol. The number of rotatable bonds is 11. The number of para-hydroxylation sites is 1. The SMILES string of the molecule is CCCCCC(C)N.NC(=O)NC(=O)c1cccc(OCc2ccccc2)c1OCc1ccccc1.NC(N)=O. The van der Waals surface area contributed by atoms with E-state index in [1.807, 2.05) is 60.7 Å². The Kier molecular flexibility index (Phi) is 16.3. The molecule has 0 bridgehead atoms. The van der Waals surface area contributed by atoms with Crippen LogP contribution < -0.4 is 37.7 Å². The fraction of sp³-hybridized carbons (Fsp3) is 0.300. The first-order valence-electron chi connectivity index (χ1n) is 13.0. The second kappa shape index (κ2) is 19.5. The van der Waals surface area contributed by atoms with Crippen LogP contribution in [0.15, 0.2) is 78.9 Å². The molecule has 0 saturated heterocycles. The molecule has 3 aromatic carbocycles. The maximum absolute atomic E-state index is 12.4. The van der Waals surface area contributed by atoms with Gasteiger partial charge in [0.05, 0.1) is 5.56 Å². The minimum absolute atomic E-state index is 0.167. The second-order valence-corrected chi connectivity index (χ2v) is 8.88. The molecule has 40 heavy (non-hydrogen) atoms. The van der Waals surface area contributed by atoms with E-state index in [2.05, 4.69) is 30.6 Å². The van der Waals surface area contributed by atoms with Crippen molar-refractivity contribution in [1.82, 2.24) is 5.32 Å². The first-order chi connectivity index (χ1) is 19.1. The number of nitrogens with one attached hydrogen (secondary N) is 1. The average Bonchev–Trinajstić information content (AvgIpc) is 2.91. The van der Waals surface area contributed by atoms with Crippen LogP contribution in [-0.2, 0) is 13.2 Å². The van der Waals surface area contributed by atoms with E-state index in [0.717, 1.165) is 11.1 Å². The van der Waals surface area contributed by atoms with E-state index in [1.165, 1.54) is 25.7 Å². The van der Waals surface area contributed by atoms with Gasteiger partial charge in [-0.25, -0.2) is 9.59 Å². The average molecular weight is 552 g/mol. The minimum atomic E-state index is -0.936. The van der Waals surface area contributed by atoms with Crippen LogP contribution in [0.5, 0.6) is 11.5 Å². The van der Waals surface area contributed by atoms with Gasteiger partial charge < -0.3 is 32.4 Å². The lowest BCUT2D eigenvalue weighted by Crippen LogP contribution is -2.35. The van der Waals surface area contributed by atoms with E-state index in [1.54, 1.807) is 18.2 Å². The third-order valence-electron chi connectivity index (χ3n) is 5.19. The van der Waals surface area contributed by atoms with Crippen molar-refractivity contribution < 1.29 is 23.9 Å². The third kappa shape index (κ3) is 15.0. The Morgan fingerprint density at radius 1 is 0.775 bits per heavy atom. The molecule has 0 fully saturated rings. The Balaban J connectivity index is 0.000000560. The van der Waals surface area contributed by atoms with Gasteiger partial charge in [0, 0.05) is 6.04 Å². The number of ether oxygens (including phenoxy) is 2. The maximum atomic E-state index is 12.4. The van der Waals surface area contributed by atoms with Crippen molar-refractivity contribution in [2.24, 2.45) is 22.9 Å². The van der Waals surface area contributed by atoms with Crippen LogP contribution in [0.25, 0.3) is 0 Å². The van der Waals surface area contributed by atoms with Crippen molar-refractivity contribution in [2.75, 3.05) is 0 Å². The highest BCUT2D eigenvalue weighted by molar-refractivity contribution is 6.05. The highest BCUT2D eigenvalue weighted by atomic mass is 16.5. The summed E-state index contributed by atoms with van der Waals surface area (Å²) in [6.07, 6.45) is 5.12. The van der Waals surface area contributed by atoms with Gasteiger partial charge in [-0.3, -0.25) is 10.1 Å². The monoisotopic (exact) mass is 551 g/mol. The summed E-state index contributed by atoms with van der Waals surface area (Å²) in [7, 11) is 0. The van der Waals surface area contributed by atoms with Gasteiger partial charge in [-0.05, 0) is 36.6 Å². The molecule has 1 atom stereocenters. The summed E-state index contributed by atoms with van der Waals surface area (Å²) in [5.41, 5.74) is 21.2. The summed E-state index contributed by atoms with van der Waals surface area (Å²) < 4.78 is 11.8. The number of unbranched alkanes of at least 4 members (excludes halogenated alkanes) is 2. The van der Waals surface area contributed by atoms with Gasteiger partial charge in [-0.2, -0.15) is 0 Å². The van der Waals surface area contributed by atoms with Gasteiger partial charge in [0.25, 0.3) is 5.91 Å². The topological polar surface area (TPSA) is 186 Å². The van der Waals surface area contributed by atoms with E-state index in [9.17, 15) is 9.59 Å². The molecule has 0 aliphatic carbocycles. The summed E-state index contributed by atoms with van der Waals surface area (Å²) in [5, 5.41) is 2.06. The number of carbonyl (C=O) groups excluding carboxylic acids is 3. The van der Waals surface area contributed by atoms with Gasteiger partial charge >= 0.3 is 12.1 Å². The lowest BCUT2D eigenvalue weighted by atomic mass is 10.1. The molecular formula is C30H41N5O5. The molecule has 216 valence electrons. The quantitative estimate of drug-likeness (QED) is 0.217. The van der Waals surface area contributed by atoms with Gasteiger partial charge in [-0.1, -0.05) is 92.9 Å². The Labute approximate surface area is 236 Å². The zero-order valence-corrected chi connectivity index (χ0v) is 23.2. The van der Waals surface area contributed by atoms with Crippen molar-refractivity contribution >= 4 is 18.0 Å². The molecule has 0 aliphatic heterocycles. The van der Waals surface area contributed by atoms with Crippen LogP contribution in [0.4, 0.5) is 9.59 Å². The van der Waals surface area contributed by atoms with Crippen molar-refractivity contribution in [3.05, 3.63) is 95.6 Å². The number of urea groups is 2. The van der Waals surface area contributed by atoms with Crippen molar-refractivity contribution in [2.45, 2.75) is 58.8 Å². The molecule has 0 saturated carbocycles. The Bertz CT molecular complexity index is 1150. The summed E-state index contributed by atoms with van der Waals surface area (Å²) in [6.45, 7) is 4.82. The number of imide groups is 1. The lowest BCUT2D eigenvalue weighted by Gasteiger charge is -2.16. The molecule has 0 aromatic heterocycles. The highest BCUT2D eigenvalue weighted by Crippen LogP contribution is 2.33. The van der Waals surface area contributed by atoms with E-state index < -0.39 is 18.0 Å². The van der Waals surface area contributed by atoms with Crippen molar-refractivity contribution in [3.63, 3.8) is 0 Å². The lowest BCUT2D eigenvalue weighted by molar-refractivity contribution is 0.0960. The van der Waals surface area contributed by atoms with Crippen LogP contribution in [0.3, 0.4) is 0 Å². The number of amides is 5. The Hall–Kier alpha value is -4.57. The summed E-state index contributed by atoms with van der Waals surface area (Å²) in [5.74, 6) is -0.00124. The first-order valence-corrected chi connectivity index (χ1v) is 13.0. The number of primary amides is 3. The molecule has 9 N–H and O–H groups in total. The Morgan fingerprint density at radius 2 is 1.30 bits per heavy atom. The maximum Gasteiger partial charge on any atom is 0.319 e. The Morgan fingerprint density at radius 3 is 1.77 bits per heavy atom. The van der Waals surface area contributed by atoms with Gasteiger partial charge in [0.1, 0.15) is 13.2 Å². The molecule has 0 heterocycles. The van der Waals surface area contributed by atoms with Crippen molar-refractivity contribution in [1.29, 1.82) is 0 Å². The molecule has 3 aromatic rings. The standard InChI is InChI=1S/C22H20N2O4.C7H17N.CH4N2O/c23-22(26)24-21(25)18-12-7-13-19(27-14-16-8-3-1-4-9-16)20(18)28-15-17-10-5-2-6-11-17;1-3-4-5-6-7(2)8;2-1(3)4/h1-13H,14-15H2,(H3,23,24,25,26);7H,3-6,8H2,1-2H3;(H4,2,3,4). The molecule has 10 nitrogen and oxygen atoms in total. The number of hydrogen-bond donors (Lipinski definition) is 5. The summed E-state index contributed by atoms with van der Waals surface area (Å²) >= 11 is 0. The molecule has 0 spiro atoms. The van der Waals surface area contributed by atoms with Gasteiger partial charge in [0.15, 0.2) is 11.5 Å². The van der Waals surface area contributed by atoms with Crippen LogP contribution >= 0.6 is 0 Å². The molecule has 0 aliphatic rings. The normalized spacial score (nSPS) is 10.5. The smallest absolute Gasteiger partial charge is 0.319 e. The minimum Gasteiger partial charge on any atom is -0.485 e. The predicted octanol–water partition coefficient (Wildman–Crippen LogP) is 4.59. The van der Waals surface area contributed by atoms with Crippen molar-refractivity contribution in [3.8, 4) is 11.5 Å². The van der Waals surface area contributed by atoms with Crippen LogP contribution in [0.2, 0.25) is 0 Å². The summed E-state index contributed by atoms with van der Waals surface area (Å²) in [6, 6.07) is 22.7. The number of nitrogens with two attached hydrogens (primary N) is 4. The molecule has 3 rings (SSSR count). The van der Waals surface area contributed by atoms with E-state index in [0.29, 0.717) is 18.4 Å². The molecule has 0 radical (unpaired) electrons. The zero-order chi connectivity index (χ0) is 29.8. The van der Waals surface area contributed by atoms with Crippen LogP contribution in [-0.4, -0.2) is 24.0 Å². The third-order valence-corrected chi connectivity index (χ3v) is 5.19. The predicted molar refractivity (Wildman–Crippen MR) is 157 cm³/mol. The zero-order valence-electron chi connectivity index (χ0n) is 23.2. The van der Waals surface area contributed by atoms with E-state index in [-0.39, 0.29) is 17.9 Å². The van der Waals surface area contributed by atoms with Crippen LogP contribution in [0.1, 0.15) is 61.0 Å². The second-order valence-electron chi connectivity index (χ2n) is 8.88. The molecule has 10 heteroatoms. The van der Waals surface area contributed by atoms with E-state index in [4.69, 9.17) is 25.7 Å².